The van der Waals surface area contributed by atoms with Gasteiger partial charge in [0, 0.05) is 13.0 Å². The maximum Gasteiger partial charge on any atom is 0.303 e. The number of carbonyl (C=O) groups is 2. The molecular weight excluding hydrogens is 256 g/mol. The summed E-state index contributed by atoms with van der Waals surface area (Å²) in [5.41, 5.74) is -0.172. The highest BCUT2D eigenvalue weighted by Crippen LogP contribution is 2.32. The summed E-state index contributed by atoms with van der Waals surface area (Å²) in [5, 5.41) is 14.9. The van der Waals surface area contributed by atoms with E-state index in [1.165, 1.54) is 0 Å². The van der Waals surface area contributed by atoms with E-state index in [0.29, 0.717) is 6.54 Å². The van der Waals surface area contributed by atoms with Crippen molar-refractivity contribution in [2.75, 3.05) is 19.6 Å². The molecule has 1 heterocycles. The van der Waals surface area contributed by atoms with Crippen LogP contribution in [0.4, 0.5) is 0 Å². The first-order chi connectivity index (χ1) is 9.60. The molecule has 0 aliphatic carbocycles. The molecule has 20 heavy (non-hydrogen) atoms. The Hall–Kier alpha value is -1.10. The standard InChI is InChI=1S/C15H28N2O3/c1-2-15(8-11-16-12-9-15)14(20)17-10-6-4-3-5-7-13(18)19/h16H,2-12H2,1H3,(H,17,20)(H,18,19). The molecule has 0 spiro atoms. The van der Waals surface area contributed by atoms with Crippen molar-refractivity contribution >= 4 is 11.9 Å². The number of unbranched alkanes of at least 4 members (excludes halogenated alkanes) is 3. The largest absolute Gasteiger partial charge is 0.481 e. The van der Waals surface area contributed by atoms with Crippen LogP contribution in [0.15, 0.2) is 0 Å². The Kier molecular flexibility index (Phi) is 7.59. The number of rotatable bonds is 9. The zero-order valence-corrected chi connectivity index (χ0v) is 12.5. The van der Waals surface area contributed by atoms with E-state index in [9.17, 15) is 9.59 Å². The van der Waals surface area contributed by atoms with E-state index in [1.54, 1.807) is 0 Å². The molecule has 5 heteroatoms. The smallest absolute Gasteiger partial charge is 0.303 e. The molecule has 116 valence electrons. The van der Waals surface area contributed by atoms with E-state index >= 15 is 0 Å². The summed E-state index contributed by atoms with van der Waals surface area (Å²) < 4.78 is 0. The summed E-state index contributed by atoms with van der Waals surface area (Å²) in [4.78, 5) is 22.7. The predicted molar refractivity (Wildman–Crippen MR) is 78.6 cm³/mol. The van der Waals surface area contributed by atoms with Gasteiger partial charge in [-0.2, -0.15) is 0 Å². The predicted octanol–water partition coefficient (Wildman–Crippen LogP) is 1.92. The Morgan fingerprint density at radius 1 is 1.15 bits per heavy atom. The third-order valence-electron chi connectivity index (χ3n) is 4.32. The van der Waals surface area contributed by atoms with Gasteiger partial charge in [0.1, 0.15) is 0 Å². The molecule has 0 unspecified atom stereocenters. The quantitative estimate of drug-likeness (QED) is 0.565. The van der Waals surface area contributed by atoms with E-state index in [0.717, 1.165) is 58.0 Å². The first kappa shape index (κ1) is 17.0. The summed E-state index contributed by atoms with van der Waals surface area (Å²) in [6.45, 7) is 4.66. The Morgan fingerprint density at radius 2 is 1.80 bits per heavy atom. The molecule has 5 nitrogen and oxygen atoms in total. The number of hydrogen-bond donors (Lipinski definition) is 3. The summed E-state index contributed by atoms with van der Waals surface area (Å²) >= 11 is 0. The summed E-state index contributed by atoms with van der Waals surface area (Å²) in [6.07, 6.45) is 6.57. The van der Waals surface area contributed by atoms with Gasteiger partial charge >= 0.3 is 5.97 Å². The third kappa shape index (κ3) is 5.49. The molecule has 3 N–H and O–H groups in total. The molecule has 0 aromatic heterocycles. The van der Waals surface area contributed by atoms with Crippen LogP contribution in [-0.4, -0.2) is 36.6 Å². The van der Waals surface area contributed by atoms with Gasteiger partial charge in [-0.15, -0.1) is 0 Å². The highest BCUT2D eigenvalue weighted by atomic mass is 16.4. The zero-order chi connectivity index (χ0) is 14.8. The lowest BCUT2D eigenvalue weighted by atomic mass is 9.76. The van der Waals surface area contributed by atoms with Crippen molar-refractivity contribution in [2.24, 2.45) is 5.41 Å². The fraction of sp³-hybridized carbons (Fsp3) is 0.867. The molecule has 0 atom stereocenters. The lowest BCUT2D eigenvalue weighted by Gasteiger charge is -2.35. The molecule has 0 saturated carbocycles. The maximum atomic E-state index is 12.3. The molecule has 1 saturated heterocycles. The molecule has 0 aromatic rings. The van der Waals surface area contributed by atoms with Crippen LogP contribution in [0.2, 0.25) is 0 Å². The molecular formula is C15H28N2O3. The Bertz CT molecular complexity index is 312. The first-order valence-electron chi connectivity index (χ1n) is 7.81. The SMILES string of the molecule is CCC1(C(=O)NCCCCCCC(=O)O)CCNCC1. The Morgan fingerprint density at radius 3 is 2.40 bits per heavy atom. The van der Waals surface area contributed by atoms with Gasteiger partial charge in [0.25, 0.3) is 0 Å². The van der Waals surface area contributed by atoms with Gasteiger partial charge in [0.05, 0.1) is 5.41 Å². The average Bonchev–Trinajstić information content (AvgIpc) is 2.46. The van der Waals surface area contributed by atoms with Crippen LogP contribution in [0.25, 0.3) is 0 Å². The molecule has 0 aromatic carbocycles. The highest BCUT2D eigenvalue weighted by molar-refractivity contribution is 5.82. The minimum atomic E-state index is -0.728. The van der Waals surface area contributed by atoms with Gasteiger partial charge in [-0.1, -0.05) is 19.8 Å². The van der Waals surface area contributed by atoms with E-state index in [2.05, 4.69) is 17.6 Å². The number of hydrogen-bond acceptors (Lipinski definition) is 3. The average molecular weight is 284 g/mol. The van der Waals surface area contributed by atoms with Crippen molar-refractivity contribution in [1.29, 1.82) is 0 Å². The van der Waals surface area contributed by atoms with E-state index < -0.39 is 5.97 Å². The van der Waals surface area contributed by atoms with Crippen LogP contribution in [0.3, 0.4) is 0 Å². The number of aliphatic carboxylic acids is 1. The van der Waals surface area contributed by atoms with Crippen molar-refractivity contribution < 1.29 is 14.7 Å². The molecule has 0 radical (unpaired) electrons. The third-order valence-corrected chi connectivity index (χ3v) is 4.32. The van der Waals surface area contributed by atoms with Gasteiger partial charge in [-0.25, -0.2) is 0 Å². The van der Waals surface area contributed by atoms with Crippen LogP contribution in [0, 0.1) is 5.41 Å². The van der Waals surface area contributed by atoms with Crippen molar-refractivity contribution in [3.8, 4) is 0 Å². The lowest BCUT2D eigenvalue weighted by Crippen LogP contribution is -2.47. The van der Waals surface area contributed by atoms with Crippen LogP contribution >= 0.6 is 0 Å². The molecule has 1 aliphatic rings. The summed E-state index contributed by atoms with van der Waals surface area (Å²) in [6, 6.07) is 0. The van der Waals surface area contributed by atoms with Crippen molar-refractivity contribution in [3.63, 3.8) is 0 Å². The Labute approximate surface area is 121 Å². The van der Waals surface area contributed by atoms with Crippen LogP contribution < -0.4 is 10.6 Å². The van der Waals surface area contributed by atoms with E-state index in [4.69, 9.17) is 5.11 Å². The van der Waals surface area contributed by atoms with E-state index in [-0.39, 0.29) is 17.7 Å². The van der Waals surface area contributed by atoms with Gasteiger partial charge in [0.2, 0.25) is 5.91 Å². The van der Waals surface area contributed by atoms with Crippen LogP contribution in [0.1, 0.15) is 58.3 Å². The van der Waals surface area contributed by atoms with Crippen LogP contribution in [-0.2, 0) is 9.59 Å². The minimum absolute atomic E-state index is 0.172. The first-order valence-corrected chi connectivity index (χ1v) is 7.81. The van der Waals surface area contributed by atoms with Crippen LogP contribution in [0.5, 0.6) is 0 Å². The minimum Gasteiger partial charge on any atom is -0.481 e. The Balaban J connectivity index is 2.14. The fourth-order valence-corrected chi connectivity index (χ4v) is 2.79. The second-order valence-corrected chi connectivity index (χ2v) is 5.70. The summed E-state index contributed by atoms with van der Waals surface area (Å²) in [7, 11) is 0. The number of nitrogens with one attached hydrogen (secondary N) is 2. The normalized spacial score (nSPS) is 17.6. The molecule has 1 amide bonds. The summed E-state index contributed by atoms with van der Waals surface area (Å²) in [5.74, 6) is -0.527. The number of amides is 1. The lowest BCUT2D eigenvalue weighted by molar-refractivity contribution is -0.137. The van der Waals surface area contributed by atoms with Crippen molar-refractivity contribution in [2.45, 2.75) is 58.3 Å². The van der Waals surface area contributed by atoms with Gasteiger partial charge in [0.15, 0.2) is 0 Å². The van der Waals surface area contributed by atoms with Crippen molar-refractivity contribution in [3.05, 3.63) is 0 Å². The number of carbonyl (C=O) groups excluding carboxylic acids is 1. The second kappa shape index (κ2) is 8.95. The fourth-order valence-electron chi connectivity index (χ4n) is 2.79. The molecule has 1 aliphatic heterocycles. The zero-order valence-electron chi connectivity index (χ0n) is 12.5. The number of carboxylic acid groups (broad SMARTS) is 1. The van der Waals surface area contributed by atoms with Crippen molar-refractivity contribution in [1.82, 2.24) is 10.6 Å². The van der Waals surface area contributed by atoms with E-state index in [1.807, 2.05) is 0 Å². The van der Waals surface area contributed by atoms with Gasteiger partial charge in [-0.3, -0.25) is 9.59 Å². The van der Waals surface area contributed by atoms with Gasteiger partial charge < -0.3 is 15.7 Å². The molecule has 1 fully saturated rings. The molecule has 0 bridgehead atoms. The highest BCUT2D eigenvalue weighted by Gasteiger charge is 2.37. The maximum absolute atomic E-state index is 12.3. The van der Waals surface area contributed by atoms with Gasteiger partial charge in [-0.05, 0) is 45.2 Å². The second-order valence-electron chi connectivity index (χ2n) is 5.70. The monoisotopic (exact) mass is 284 g/mol. The number of carboxylic acids is 1. The topological polar surface area (TPSA) is 78.4 Å². The molecule has 1 rings (SSSR count). The number of piperidine rings is 1.